The Kier molecular flexibility index (Phi) is 4.85. The number of nitrogens with zero attached hydrogens (tertiary/aromatic N) is 1. The SMILES string of the molecule is CCCC1CCCC(N2CCC(N)(C(=O)O)C2)CC1. The molecule has 3 N–H and O–H groups in total. The zero-order chi connectivity index (χ0) is 13.9. The molecule has 0 aromatic heterocycles. The fraction of sp³-hybridized carbons (Fsp3) is 0.933. The number of rotatable bonds is 4. The number of carboxylic acids is 1. The van der Waals surface area contributed by atoms with Gasteiger partial charge in [-0.05, 0) is 31.6 Å². The van der Waals surface area contributed by atoms with Gasteiger partial charge in [0.15, 0.2) is 0 Å². The molecule has 0 radical (unpaired) electrons. The van der Waals surface area contributed by atoms with Crippen molar-refractivity contribution in [3.05, 3.63) is 0 Å². The average Bonchev–Trinajstić information content (AvgIpc) is 2.63. The van der Waals surface area contributed by atoms with Crippen molar-refractivity contribution in [2.75, 3.05) is 13.1 Å². The lowest BCUT2D eigenvalue weighted by atomic mass is 9.95. The Hall–Kier alpha value is -0.610. The van der Waals surface area contributed by atoms with Crippen LogP contribution in [0.25, 0.3) is 0 Å². The number of carboxylic acid groups (broad SMARTS) is 1. The third kappa shape index (κ3) is 3.48. The van der Waals surface area contributed by atoms with Crippen LogP contribution >= 0.6 is 0 Å². The molecule has 2 aliphatic rings. The van der Waals surface area contributed by atoms with Crippen LogP contribution in [0.5, 0.6) is 0 Å². The minimum absolute atomic E-state index is 0.533. The highest BCUT2D eigenvalue weighted by molar-refractivity contribution is 5.79. The van der Waals surface area contributed by atoms with E-state index in [4.69, 9.17) is 5.73 Å². The molecule has 3 atom stereocenters. The first kappa shape index (κ1) is 14.8. The number of hydrogen-bond acceptors (Lipinski definition) is 3. The molecule has 4 nitrogen and oxygen atoms in total. The average molecular weight is 268 g/mol. The summed E-state index contributed by atoms with van der Waals surface area (Å²) >= 11 is 0. The number of carbonyl (C=O) groups is 1. The van der Waals surface area contributed by atoms with Crippen LogP contribution in [0.15, 0.2) is 0 Å². The Labute approximate surface area is 116 Å². The Bertz CT molecular complexity index is 321. The lowest BCUT2D eigenvalue weighted by molar-refractivity contribution is -0.142. The molecule has 1 saturated heterocycles. The summed E-state index contributed by atoms with van der Waals surface area (Å²) in [6.45, 7) is 3.65. The molecule has 1 saturated carbocycles. The van der Waals surface area contributed by atoms with E-state index in [1.54, 1.807) is 0 Å². The zero-order valence-corrected chi connectivity index (χ0v) is 12.1. The van der Waals surface area contributed by atoms with Crippen LogP contribution in [0.1, 0.15) is 58.3 Å². The summed E-state index contributed by atoms with van der Waals surface area (Å²) in [5.74, 6) is 0.0483. The second-order valence-electron chi connectivity index (χ2n) is 6.50. The highest BCUT2D eigenvalue weighted by Gasteiger charge is 2.43. The van der Waals surface area contributed by atoms with E-state index in [0.29, 0.717) is 19.0 Å². The van der Waals surface area contributed by atoms with Crippen molar-refractivity contribution >= 4 is 5.97 Å². The third-order valence-electron chi connectivity index (χ3n) is 5.03. The van der Waals surface area contributed by atoms with Crippen LogP contribution in [-0.2, 0) is 4.79 Å². The largest absolute Gasteiger partial charge is 0.480 e. The van der Waals surface area contributed by atoms with Gasteiger partial charge in [0, 0.05) is 19.1 Å². The molecule has 0 aromatic carbocycles. The fourth-order valence-electron chi connectivity index (χ4n) is 3.77. The summed E-state index contributed by atoms with van der Waals surface area (Å²) in [5, 5.41) is 9.20. The third-order valence-corrected chi connectivity index (χ3v) is 5.03. The second-order valence-corrected chi connectivity index (χ2v) is 6.50. The molecule has 0 spiro atoms. The Morgan fingerprint density at radius 2 is 2.16 bits per heavy atom. The topological polar surface area (TPSA) is 66.6 Å². The molecule has 110 valence electrons. The Morgan fingerprint density at radius 1 is 1.37 bits per heavy atom. The molecule has 0 bridgehead atoms. The minimum Gasteiger partial charge on any atom is -0.480 e. The van der Waals surface area contributed by atoms with E-state index >= 15 is 0 Å². The first-order chi connectivity index (χ1) is 9.05. The highest BCUT2D eigenvalue weighted by Crippen LogP contribution is 2.32. The molecule has 1 heterocycles. The molecule has 19 heavy (non-hydrogen) atoms. The van der Waals surface area contributed by atoms with E-state index < -0.39 is 11.5 Å². The van der Waals surface area contributed by atoms with Crippen LogP contribution in [0.3, 0.4) is 0 Å². The van der Waals surface area contributed by atoms with Crippen molar-refractivity contribution in [3.8, 4) is 0 Å². The van der Waals surface area contributed by atoms with Gasteiger partial charge >= 0.3 is 5.97 Å². The smallest absolute Gasteiger partial charge is 0.325 e. The summed E-state index contributed by atoms with van der Waals surface area (Å²) in [7, 11) is 0. The first-order valence-electron chi connectivity index (χ1n) is 7.81. The van der Waals surface area contributed by atoms with Crippen molar-refractivity contribution in [3.63, 3.8) is 0 Å². The quantitative estimate of drug-likeness (QED) is 0.767. The number of nitrogens with two attached hydrogens (primary N) is 1. The van der Waals surface area contributed by atoms with E-state index in [-0.39, 0.29) is 0 Å². The zero-order valence-electron chi connectivity index (χ0n) is 12.1. The predicted molar refractivity (Wildman–Crippen MR) is 76.0 cm³/mol. The molecule has 0 amide bonds. The lowest BCUT2D eigenvalue weighted by Crippen LogP contribution is -2.51. The van der Waals surface area contributed by atoms with Crippen molar-refractivity contribution in [1.82, 2.24) is 4.90 Å². The maximum atomic E-state index is 11.2. The van der Waals surface area contributed by atoms with Gasteiger partial charge in [-0.2, -0.15) is 0 Å². The van der Waals surface area contributed by atoms with E-state index in [9.17, 15) is 9.90 Å². The van der Waals surface area contributed by atoms with Crippen molar-refractivity contribution in [1.29, 1.82) is 0 Å². The van der Waals surface area contributed by atoms with Crippen LogP contribution in [-0.4, -0.2) is 40.6 Å². The van der Waals surface area contributed by atoms with Gasteiger partial charge < -0.3 is 10.8 Å². The molecular weight excluding hydrogens is 240 g/mol. The molecular formula is C15H28N2O2. The van der Waals surface area contributed by atoms with E-state index in [2.05, 4.69) is 11.8 Å². The summed E-state index contributed by atoms with van der Waals surface area (Å²) in [6, 6.07) is 0.562. The fourth-order valence-corrected chi connectivity index (χ4v) is 3.77. The van der Waals surface area contributed by atoms with Crippen molar-refractivity contribution in [2.24, 2.45) is 11.7 Å². The van der Waals surface area contributed by atoms with E-state index in [0.717, 1.165) is 12.5 Å². The number of aliphatic carboxylic acids is 1. The second kappa shape index (κ2) is 6.23. The summed E-state index contributed by atoms with van der Waals surface area (Å²) in [4.78, 5) is 13.5. The number of hydrogen-bond donors (Lipinski definition) is 2. The summed E-state index contributed by atoms with van der Waals surface area (Å²) < 4.78 is 0. The molecule has 3 unspecified atom stereocenters. The van der Waals surface area contributed by atoms with Crippen LogP contribution in [0.4, 0.5) is 0 Å². The van der Waals surface area contributed by atoms with Gasteiger partial charge in [0.2, 0.25) is 0 Å². The maximum absolute atomic E-state index is 11.2. The minimum atomic E-state index is -1.00. The van der Waals surface area contributed by atoms with Crippen LogP contribution in [0, 0.1) is 5.92 Å². The standard InChI is InChI=1S/C15H28N2O2/c1-2-4-12-5-3-6-13(8-7-12)17-10-9-15(16,11-17)14(18)19/h12-13H,2-11,16H2,1H3,(H,18,19). The van der Waals surface area contributed by atoms with Gasteiger partial charge in [0.05, 0.1) is 0 Å². The van der Waals surface area contributed by atoms with Crippen molar-refractivity contribution < 1.29 is 9.90 Å². The first-order valence-corrected chi connectivity index (χ1v) is 7.81. The molecule has 2 fully saturated rings. The van der Waals surface area contributed by atoms with Gasteiger partial charge in [-0.25, -0.2) is 0 Å². The molecule has 1 aliphatic heterocycles. The molecule has 0 aromatic rings. The number of likely N-dealkylation sites (tertiary alicyclic amines) is 1. The molecule has 2 rings (SSSR count). The van der Waals surface area contributed by atoms with Crippen LogP contribution < -0.4 is 5.73 Å². The monoisotopic (exact) mass is 268 g/mol. The Balaban J connectivity index is 1.88. The lowest BCUT2D eigenvalue weighted by Gasteiger charge is -2.28. The van der Waals surface area contributed by atoms with Gasteiger partial charge in [-0.1, -0.05) is 32.6 Å². The Morgan fingerprint density at radius 3 is 2.79 bits per heavy atom. The van der Waals surface area contributed by atoms with E-state index in [1.807, 2.05) is 0 Å². The summed E-state index contributed by atoms with van der Waals surface area (Å²) in [6.07, 6.45) is 9.61. The van der Waals surface area contributed by atoms with Crippen molar-refractivity contribution in [2.45, 2.75) is 69.9 Å². The summed E-state index contributed by atoms with van der Waals surface area (Å²) in [5.41, 5.74) is 4.97. The maximum Gasteiger partial charge on any atom is 0.325 e. The van der Waals surface area contributed by atoms with Gasteiger partial charge in [-0.15, -0.1) is 0 Å². The molecule has 4 heteroatoms. The van der Waals surface area contributed by atoms with Gasteiger partial charge in [0.1, 0.15) is 5.54 Å². The van der Waals surface area contributed by atoms with E-state index in [1.165, 1.54) is 44.9 Å². The molecule has 1 aliphatic carbocycles. The normalized spacial score (nSPS) is 37.2. The van der Waals surface area contributed by atoms with Crippen LogP contribution in [0.2, 0.25) is 0 Å². The predicted octanol–water partition coefficient (Wildman–Crippen LogP) is 2.22. The van der Waals surface area contributed by atoms with Gasteiger partial charge in [-0.3, -0.25) is 9.69 Å². The van der Waals surface area contributed by atoms with Gasteiger partial charge in [0.25, 0.3) is 0 Å². The highest BCUT2D eigenvalue weighted by atomic mass is 16.4.